The highest BCUT2D eigenvalue weighted by Crippen LogP contribution is 2.26. The Labute approximate surface area is 103 Å². The maximum Gasteiger partial charge on any atom is 0.221 e. The Balaban J connectivity index is 2.34. The van der Waals surface area contributed by atoms with Gasteiger partial charge in [0.05, 0.1) is 11.2 Å². The molecule has 2 aromatic carbocycles. The molecule has 18 heavy (non-hydrogen) atoms. The molecule has 3 aromatic rings. The molecule has 3 rings (SSSR count). The molecule has 0 saturated heterocycles. The van der Waals surface area contributed by atoms with Crippen molar-refractivity contribution in [1.29, 1.82) is 0 Å². The lowest BCUT2D eigenvalue weighted by atomic mass is 10.1. The molecular formula is C14H10FN3. The van der Waals surface area contributed by atoms with E-state index in [-0.39, 0.29) is 11.8 Å². The van der Waals surface area contributed by atoms with Crippen molar-refractivity contribution < 1.29 is 4.39 Å². The maximum absolute atomic E-state index is 13.3. The second-order valence-corrected chi connectivity index (χ2v) is 3.96. The first-order valence-corrected chi connectivity index (χ1v) is 5.52. The monoisotopic (exact) mass is 239 g/mol. The van der Waals surface area contributed by atoms with Crippen LogP contribution < -0.4 is 5.73 Å². The summed E-state index contributed by atoms with van der Waals surface area (Å²) in [6.45, 7) is 0. The average molecular weight is 239 g/mol. The molecule has 1 aromatic heterocycles. The predicted molar refractivity (Wildman–Crippen MR) is 69.3 cm³/mol. The first kappa shape index (κ1) is 10.7. The number of nitrogens with zero attached hydrogens (tertiary/aromatic N) is 2. The smallest absolute Gasteiger partial charge is 0.221 e. The summed E-state index contributed by atoms with van der Waals surface area (Å²) in [5, 5.41) is 0.859. The fourth-order valence-corrected chi connectivity index (χ4v) is 1.95. The number of nitrogens with two attached hydrogens (primary N) is 1. The van der Waals surface area contributed by atoms with Gasteiger partial charge in [0.25, 0.3) is 0 Å². The van der Waals surface area contributed by atoms with Crippen molar-refractivity contribution in [3.05, 3.63) is 54.3 Å². The van der Waals surface area contributed by atoms with Gasteiger partial charge in [-0.3, -0.25) is 0 Å². The predicted octanol–water partition coefficient (Wildman–Crippen LogP) is 3.02. The highest BCUT2D eigenvalue weighted by atomic mass is 19.1. The molecule has 0 amide bonds. The summed E-state index contributed by atoms with van der Waals surface area (Å²) >= 11 is 0. The molecule has 0 saturated carbocycles. The Kier molecular flexibility index (Phi) is 2.41. The van der Waals surface area contributed by atoms with E-state index >= 15 is 0 Å². The van der Waals surface area contributed by atoms with Gasteiger partial charge in [-0.25, -0.2) is 14.4 Å². The van der Waals surface area contributed by atoms with Crippen molar-refractivity contribution in [3.63, 3.8) is 0 Å². The van der Waals surface area contributed by atoms with E-state index in [0.717, 1.165) is 10.9 Å². The topological polar surface area (TPSA) is 51.8 Å². The van der Waals surface area contributed by atoms with Gasteiger partial charge < -0.3 is 5.73 Å². The number of aromatic nitrogens is 2. The third-order valence-electron chi connectivity index (χ3n) is 2.72. The van der Waals surface area contributed by atoms with Gasteiger partial charge in [0, 0.05) is 10.9 Å². The molecule has 1 heterocycles. The molecule has 88 valence electrons. The summed E-state index contributed by atoms with van der Waals surface area (Å²) < 4.78 is 13.3. The van der Waals surface area contributed by atoms with Gasteiger partial charge in [-0.05, 0) is 18.2 Å². The van der Waals surface area contributed by atoms with E-state index in [1.165, 1.54) is 12.1 Å². The molecule has 0 atom stereocenters. The highest BCUT2D eigenvalue weighted by molar-refractivity contribution is 5.92. The van der Waals surface area contributed by atoms with E-state index in [2.05, 4.69) is 9.97 Å². The van der Waals surface area contributed by atoms with Crippen molar-refractivity contribution in [2.75, 3.05) is 5.73 Å². The minimum atomic E-state index is -0.297. The molecule has 0 radical (unpaired) electrons. The van der Waals surface area contributed by atoms with Gasteiger partial charge >= 0.3 is 0 Å². The Morgan fingerprint density at radius 2 is 1.78 bits per heavy atom. The van der Waals surface area contributed by atoms with Gasteiger partial charge in [-0.2, -0.15) is 0 Å². The van der Waals surface area contributed by atoms with Crippen LogP contribution in [0.25, 0.3) is 22.2 Å². The SMILES string of the molecule is Nc1nc(-c2cccc(F)c2)c2ccccc2n1. The van der Waals surface area contributed by atoms with E-state index in [4.69, 9.17) is 5.73 Å². The van der Waals surface area contributed by atoms with Crippen LogP contribution in [0.1, 0.15) is 0 Å². The molecule has 3 nitrogen and oxygen atoms in total. The summed E-state index contributed by atoms with van der Waals surface area (Å²) in [7, 11) is 0. The Morgan fingerprint density at radius 1 is 0.944 bits per heavy atom. The number of anilines is 1. The fourth-order valence-electron chi connectivity index (χ4n) is 1.95. The Morgan fingerprint density at radius 3 is 2.61 bits per heavy atom. The zero-order valence-electron chi connectivity index (χ0n) is 9.47. The molecule has 2 N–H and O–H groups in total. The molecule has 4 heteroatoms. The fraction of sp³-hybridized carbons (Fsp3) is 0. The van der Waals surface area contributed by atoms with E-state index in [1.54, 1.807) is 12.1 Å². The van der Waals surface area contributed by atoms with Crippen LogP contribution in [0.15, 0.2) is 48.5 Å². The van der Waals surface area contributed by atoms with Gasteiger partial charge in [-0.1, -0.05) is 30.3 Å². The van der Waals surface area contributed by atoms with Crippen molar-refractivity contribution in [2.24, 2.45) is 0 Å². The van der Waals surface area contributed by atoms with E-state index < -0.39 is 0 Å². The van der Waals surface area contributed by atoms with Gasteiger partial charge in [0.1, 0.15) is 5.82 Å². The lowest BCUT2D eigenvalue weighted by Gasteiger charge is -2.06. The molecule has 0 aliphatic rings. The van der Waals surface area contributed by atoms with Crippen LogP contribution in [0, 0.1) is 5.82 Å². The number of halogens is 1. The second-order valence-electron chi connectivity index (χ2n) is 3.96. The van der Waals surface area contributed by atoms with Crippen LogP contribution in [0.5, 0.6) is 0 Å². The Hall–Kier alpha value is -2.49. The van der Waals surface area contributed by atoms with E-state index in [1.807, 2.05) is 24.3 Å². The second kappa shape index (κ2) is 4.07. The summed E-state index contributed by atoms with van der Waals surface area (Å²) in [5.74, 6) is -0.110. The number of benzene rings is 2. The third kappa shape index (κ3) is 1.78. The molecule has 0 unspecified atom stereocenters. The van der Waals surface area contributed by atoms with Crippen molar-refractivity contribution in [2.45, 2.75) is 0 Å². The standard InChI is InChI=1S/C14H10FN3/c15-10-5-3-4-9(8-10)13-11-6-1-2-7-12(11)17-14(16)18-13/h1-8H,(H2,16,17,18). The lowest BCUT2D eigenvalue weighted by Crippen LogP contribution is -1.98. The van der Waals surface area contributed by atoms with Crippen LogP contribution in [0.3, 0.4) is 0 Å². The van der Waals surface area contributed by atoms with Crippen molar-refractivity contribution in [1.82, 2.24) is 9.97 Å². The number of para-hydroxylation sites is 1. The van der Waals surface area contributed by atoms with Gasteiger partial charge in [0.2, 0.25) is 5.95 Å². The molecule has 0 aliphatic carbocycles. The minimum absolute atomic E-state index is 0.188. The summed E-state index contributed by atoms with van der Waals surface area (Å²) in [6, 6.07) is 13.8. The number of nitrogen functional groups attached to an aromatic ring is 1. The van der Waals surface area contributed by atoms with E-state index in [0.29, 0.717) is 11.3 Å². The van der Waals surface area contributed by atoms with Crippen LogP contribution in [-0.4, -0.2) is 9.97 Å². The van der Waals surface area contributed by atoms with E-state index in [9.17, 15) is 4.39 Å². The maximum atomic E-state index is 13.3. The van der Waals surface area contributed by atoms with Crippen molar-refractivity contribution in [3.8, 4) is 11.3 Å². The van der Waals surface area contributed by atoms with Gasteiger partial charge in [-0.15, -0.1) is 0 Å². The van der Waals surface area contributed by atoms with Crippen LogP contribution in [0.2, 0.25) is 0 Å². The number of rotatable bonds is 1. The highest BCUT2D eigenvalue weighted by Gasteiger charge is 2.08. The molecular weight excluding hydrogens is 229 g/mol. The summed E-state index contributed by atoms with van der Waals surface area (Å²) in [6.07, 6.45) is 0. The molecule has 0 bridgehead atoms. The first-order valence-electron chi connectivity index (χ1n) is 5.52. The summed E-state index contributed by atoms with van der Waals surface area (Å²) in [4.78, 5) is 8.37. The van der Waals surface area contributed by atoms with Crippen LogP contribution in [0.4, 0.5) is 10.3 Å². The van der Waals surface area contributed by atoms with Gasteiger partial charge in [0.15, 0.2) is 0 Å². The quantitative estimate of drug-likeness (QED) is 0.710. The number of fused-ring (bicyclic) bond motifs is 1. The normalized spacial score (nSPS) is 10.7. The zero-order valence-corrected chi connectivity index (χ0v) is 9.47. The zero-order chi connectivity index (χ0) is 12.5. The first-order chi connectivity index (χ1) is 8.74. The molecule has 0 spiro atoms. The molecule has 0 fully saturated rings. The summed E-state index contributed by atoms with van der Waals surface area (Å²) in [5.41, 5.74) is 7.78. The molecule has 0 aliphatic heterocycles. The number of hydrogen-bond acceptors (Lipinski definition) is 3. The average Bonchev–Trinajstić information content (AvgIpc) is 2.37. The van der Waals surface area contributed by atoms with Crippen LogP contribution in [-0.2, 0) is 0 Å². The Bertz CT molecular complexity index is 725. The largest absolute Gasteiger partial charge is 0.368 e. The third-order valence-corrected chi connectivity index (χ3v) is 2.72. The van der Waals surface area contributed by atoms with Crippen LogP contribution >= 0.6 is 0 Å². The number of hydrogen-bond donors (Lipinski definition) is 1. The minimum Gasteiger partial charge on any atom is -0.368 e. The van der Waals surface area contributed by atoms with Crippen molar-refractivity contribution >= 4 is 16.9 Å². The lowest BCUT2D eigenvalue weighted by molar-refractivity contribution is 0.628.